The molecule has 0 saturated carbocycles. The molecule has 2 aliphatic heterocycles. The van der Waals surface area contributed by atoms with E-state index < -0.39 is 34.7 Å². The van der Waals surface area contributed by atoms with Crippen LogP contribution in [0.4, 0.5) is 5.69 Å². The molecule has 0 aromatic heterocycles. The highest BCUT2D eigenvalue weighted by atomic mass is 16.6. The van der Waals surface area contributed by atoms with Gasteiger partial charge in [-0.05, 0) is 18.6 Å². The number of hydrogen-bond donors (Lipinski definition) is 2. The number of nitro groups is 1. The van der Waals surface area contributed by atoms with Gasteiger partial charge in [-0.3, -0.25) is 39.4 Å². The summed E-state index contributed by atoms with van der Waals surface area (Å²) in [7, 11) is 0. The summed E-state index contributed by atoms with van der Waals surface area (Å²) in [5.41, 5.74) is 0.498. The molecule has 0 radical (unpaired) electrons. The standard InChI is InChI=1S/C13H12N2O5.C4H5NO3/c1-8(16)10-6-9(2-3-11(10)15(19)20)7-14-12(17)4-5-13(14)18;6-3-1-2-4(7)5(3)8/h2-6,8,16H,7H2,1H3;8H,1-2H2. The third-order valence-electron chi connectivity index (χ3n) is 4.01. The molecule has 4 amide bonds. The summed E-state index contributed by atoms with van der Waals surface area (Å²) in [5, 5.41) is 29.0. The number of nitro benzene ring substituents is 1. The van der Waals surface area contributed by atoms with Gasteiger partial charge in [-0.25, -0.2) is 0 Å². The molecular formula is C17H17N3O8. The first-order chi connectivity index (χ1) is 13.1. The van der Waals surface area contributed by atoms with E-state index in [4.69, 9.17) is 5.21 Å². The zero-order valence-electron chi connectivity index (χ0n) is 14.8. The minimum Gasteiger partial charge on any atom is -0.388 e. The maximum absolute atomic E-state index is 11.4. The molecule has 0 bridgehead atoms. The van der Waals surface area contributed by atoms with Gasteiger partial charge in [0, 0.05) is 31.1 Å². The first-order valence-corrected chi connectivity index (χ1v) is 8.15. The number of rotatable bonds is 4. The van der Waals surface area contributed by atoms with E-state index in [0.29, 0.717) is 5.56 Å². The molecule has 11 nitrogen and oxygen atoms in total. The molecule has 1 saturated heterocycles. The molecule has 3 rings (SSSR count). The third-order valence-corrected chi connectivity index (χ3v) is 4.01. The molecule has 2 aliphatic rings. The van der Waals surface area contributed by atoms with Crippen molar-refractivity contribution in [3.05, 3.63) is 51.6 Å². The zero-order chi connectivity index (χ0) is 21.0. The second kappa shape index (κ2) is 8.50. The predicted octanol–water partition coefficient (Wildman–Crippen LogP) is 0.598. The molecule has 1 unspecified atom stereocenters. The fraction of sp³-hybridized carbons (Fsp3) is 0.294. The number of aliphatic hydroxyl groups excluding tert-OH is 1. The summed E-state index contributed by atoms with van der Waals surface area (Å²) >= 11 is 0. The number of benzene rings is 1. The second-order valence-electron chi connectivity index (χ2n) is 6.02. The Morgan fingerprint density at radius 2 is 1.64 bits per heavy atom. The van der Waals surface area contributed by atoms with Crippen molar-refractivity contribution in [2.45, 2.75) is 32.4 Å². The maximum Gasteiger partial charge on any atom is 0.275 e. The van der Waals surface area contributed by atoms with Crippen LogP contribution in [0.15, 0.2) is 30.4 Å². The first-order valence-electron chi connectivity index (χ1n) is 8.15. The van der Waals surface area contributed by atoms with Gasteiger partial charge in [0.25, 0.3) is 29.3 Å². The van der Waals surface area contributed by atoms with E-state index in [0.717, 1.165) is 4.90 Å². The van der Waals surface area contributed by atoms with E-state index in [1.54, 1.807) is 0 Å². The van der Waals surface area contributed by atoms with Crippen molar-refractivity contribution in [1.82, 2.24) is 9.96 Å². The summed E-state index contributed by atoms with van der Waals surface area (Å²) in [6, 6.07) is 4.15. The van der Waals surface area contributed by atoms with Crippen LogP contribution >= 0.6 is 0 Å². The van der Waals surface area contributed by atoms with Crippen LogP contribution in [0, 0.1) is 10.1 Å². The van der Waals surface area contributed by atoms with Crippen LogP contribution in [-0.2, 0) is 25.7 Å². The van der Waals surface area contributed by atoms with E-state index in [1.807, 2.05) is 0 Å². The Labute approximate surface area is 158 Å². The molecule has 0 aliphatic carbocycles. The molecule has 1 fully saturated rings. The molecule has 148 valence electrons. The molecule has 1 atom stereocenters. The largest absolute Gasteiger partial charge is 0.388 e. The number of carbonyl (C=O) groups is 4. The van der Waals surface area contributed by atoms with Crippen molar-refractivity contribution in [2.24, 2.45) is 0 Å². The van der Waals surface area contributed by atoms with Gasteiger partial charge in [0.15, 0.2) is 0 Å². The van der Waals surface area contributed by atoms with E-state index in [-0.39, 0.29) is 35.7 Å². The van der Waals surface area contributed by atoms with Gasteiger partial charge in [0.2, 0.25) is 0 Å². The van der Waals surface area contributed by atoms with Gasteiger partial charge in [-0.15, -0.1) is 0 Å². The van der Waals surface area contributed by atoms with E-state index in [9.17, 15) is 34.4 Å². The first kappa shape index (κ1) is 20.9. The quantitative estimate of drug-likeness (QED) is 0.327. The van der Waals surface area contributed by atoms with Crippen LogP contribution in [0.1, 0.15) is 37.0 Å². The average Bonchev–Trinajstić information content (AvgIpc) is 3.12. The second-order valence-corrected chi connectivity index (χ2v) is 6.02. The molecular weight excluding hydrogens is 374 g/mol. The van der Waals surface area contributed by atoms with Crippen LogP contribution < -0.4 is 0 Å². The molecule has 2 N–H and O–H groups in total. The van der Waals surface area contributed by atoms with Crippen molar-refractivity contribution in [1.29, 1.82) is 0 Å². The van der Waals surface area contributed by atoms with Crippen LogP contribution in [0.5, 0.6) is 0 Å². The fourth-order valence-corrected chi connectivity index (χ4v) is 2.54. The summed E-state index contributed by atoms with van der Waals surface area (Å²) in [4.78, 5) is 54.7. The molecule has 2 heterocycles. The highest BCUT2D eigenvalue weighted by Crippen LogP contribution is 2.27. The normalized spacial score (nSPS) is 17.1. The minimum absolute atomic E-state index is 0.0163. The van der Waals surface area contributed by atoms with Crippen molar-refractivity contribution in [3.63, 3.8) is 0 Å². The van der Waals surface area contributed by atoms with Crippen LogP contribution in [0.3, 0.4) is 0 Å². The van der Waals surface area contributed by atoms with Gasteiger partial charge in [0.1, 0.15) is 0 Å². The summed E-state index contributed by atoms with van der Waals surface area (Å²) < 4.78 is 0. The number of hydrogen-bond acceptors (Lipinski definition) is 8. The number of amides is 4. The van der Waals surface area contributed by atoms with Crippen LogP contribution in [0.25, 0.3) is 0 Å². The number of carbonyl (C=O) groups excluding carboxylic acids is 4. The number of nitrogens with zero attached hydrogens (tertiary/aromatic N) is 3. The smallest absolute Gasteiger partial charge is 0.275 e. The SMILES string of the molecule is CC(O)c1cc(CN2C(=O)C=CC2=O)ccc1[N+](=O)[O-].O=C1CCC(=O)N1O. The Bertz CT molecular complexity index is 843. The predicted molar refractivity (Wildman–Crippen MR) is 91.3 cm³/mol. The van der Waals surface area contributed by atoms with Gasteiger partial charge < -0.3 is 5.11 Å². The topological polar surface area (TPSA) is 158 Å². The van der Waals surface area contributed by atoms with Crippen LogP contribution in [-0.4, -0.2) is 48.8 Å². The fourth-order valence-electron chi connectivity index (χ4n) is 2.54. The zero-order valence-corrected chi connectivity index (χ0v) is 14.8. The van der Waals surface area contributed by atoms with E-state index >= 15 is 0 Å². The van der Waals surface area contributed by atoms with E-state index in [2.05, 4.69) is 0 Å². The number of hydroxylamine groups is 2. The molecule has 11 heteroatoms. The monoisotopic (exact) mass is 391 g/mol. The lowest BCUT2D eigenvalue weighted by atomic mass is 10.0. The van der Waals surface area contributed by atoms with Crippen molar-refractivity contribution in [2.75, 3.05) is 0 Å². The highest BCUT2D eigenvalue weighted by molar-refractivity contribution is 6.12. The Morgan fingerprint density at radius 1 is 1.11 bits per heavy atom. The van der Waals surface area contributed by atoms with Gasteiger partial charge in [-0.2, -0.15) is 5.06 Å². The Balaban J connectivity index is 0.000000292. The molecule has 1 aromatic rings. The van der Waals surface area contributed by atoms with Crippen molar-refractivity contribution >= 4 is 29.3 Å². The lowest BCUT2D eigenvalue weighted by molar-refractivity contribution is -0.386. The Kier molecular flexibility index (Phi) is 6.33. The summed E-state index contributed by atoms with van der Waals surface area (Å²) in [5.74, 6) is -1.86. The average molecular weight is 391 g/mol. The van der Waals surface area contributed by atoms with Crippen molar-refractivity contribution in [3.8, 4) is 0 Å². The van der Waals surface area contributed by atoms with E-state index in [1.165, 1.54) is 37.3 Å². The van der Waals surface area contributed by atoms with Crippen LogP contribution in [0.2, 0.25) is 0 Å². The molecule has 0 spiro atoms. The summed E-state index contributed by atoms with van der Waals surface area (Å²) in [6.45, 7) is 1.43. The van der Waals surface area contributed by atoms with Crippen molar-refractivity contribution < 1.29 is 34.4 Å². The lowest BCUT2D eigenvalue weighted by Gasteiger charge is -2.15. The Morgan fingerprint density at radius 3 is 2.04 bits per heavy atom. The van der Waals surface area contributed by atoms with Gasteiger partial charge in [0.05, 0.1) is 23.1 Å². The number of imide groups is 2. The summed E-state index contributed by atoms with van der Waals surface area (Å²) in [6.07, 6.45) is 1.62. The minimum atomic E-state index is -1.02. The molecule has 28 heavy (non-hydrogen) atoms. The number of aliphatic hydroxyl groups is 1. The Hall–Kier alpha value is -3.44. The molecule has 1 aromatic carbocycles. The van der Waals surface area contributed by atoms with Gasteiger partial charge in [-0.1, -0.05) is 6.07 Å². The maximum atomic E-state index is 11.4. The lowest BCUT2D eigenvalue weighted by Crippen LogP contribution is -2.29. The highest BCUT2D eigenvalue weighted by Gasteiger charge is 2.27. The van der Waals surface area contributed by atoms with Gasteiger partial charge >= 0.3 is 0 Å². The third kappa shape index (κ3) is 4.64.